The molecule has 1 atom stereocenters. The lowest BCUT2D eigenvalue weighted by Crippen LogP contribution is -2.51. The highest BCUT2D eigenvalue weighted by atomic mass is 16.6. The molecule has 0 aliphatic rings. The smallest absolute Gasteiger partial charge is 0.350 e. The van der Waals surface area contributed by atoms with Crippen LogP contribution in [0.1, 0.15) is 32.8 Å². The molecule has 0 heterocycles. The molecule has 0 aliphatic carbocycles. The van der Waals surface area contributed by atoms with Crippen LogP contribution in [0.3, 0.4) is 0 Å². The van der Waals surface area contributed by atoms with E-state index in [1.807, 2.05) is 6.07 Å². The molecule has 0 radical (unpaired) electrons. The summed E-state index contributed by atoms with van der Waals surface area (Å²) in [5, 5.41) is 10.4. The maximum atomic E-state index is 12.1. The van der Waals surface area contributed by atoms with Crippen LogP contribution < -0.4 is 5.73 Å². The van der Waals surface area contributed by atoms with Gasteiger partial charge in [0.25, 0.3) is 5.60 Å². The van der Waals surface area contributed by atoms with Crippen LogP contribution in [-0.2, 0) is 25.7 Å². The third-order valence-corrected chi connectivity index (χ3v) is 2.79. The van der Waals surface area contributed by atoms with E-state index in [0.29, 0.717) is 0 Å². The summed E-state index contributed by atoms with van der Waals surface area (Å²) in [6, 6.07) is 8.95. The number of esters is 2. The van der Waals surface area contributed by atoms with E-state index < -0.39 is 23.1 Å². The molecule has 0 amide bonds. The largest absolute Gasteiger partial charge is 0.458 e. The van der Waals surface area contributed by atoms with E-state index in [0.717, 1.165) is 5.56 Å². The average molecular weight is 309 g/mol. The molecule has 3 N–H and O–H groups in total. The van der Waals surface area contributed by atoms with Crippen molar-refractivity contribution in [3.8, 4) is 0 Å². The SMILES string of the molecule is CC(C)(C)OC(=O)C(O)(CCN)C(=O)OCc1ccccc1. The van der Waals surface area contributed by atoms with Crippen LogP contribution in [0, 0.1) is 0 Å². The minimum atomic E-state index is -2.39. The van der Waals surface area contributed by atoms with Crippen LogP contribution in [0.15, 0.2) is 30.3 Å². The van der Waals surface area contributed by atoms with Crippen molar-refractivity contribution in [2.24, 2.45) is 5.73 Å². The fourth-order valence-electron chi connectivity index (χ4n) is 1.70. The van der Waals surface area contributed by atoms with Gasteiger partial charge in [-0.2, -0.15) is 0 Å². The van der Waals surface area contributed by atoms with Gasteiger partial charge in [-0.1, -0.05) is 30.3 Å². The molecule has 0 aliphatic heterocycles. The van der Waals surface area contributed by atoms with Gasteiger partial charge in [-0.3, -0.25) is 0 Å². The summed E-state index contributed by atoms with van der Waals surface area (Å²) in [6.07, 6.45) is -0.268. The zero-order valence-corrected chi connectivity index (χ0v) is 13.2. The lowest BCUT2D eigenvalue weighted by Gasteiger charge is -2.28. The van der Waals surface area contributed by atoms with Gasteiger partial charge in [-0.25, -0.2) is 9.59 Å². The predicted molar refractivity (Wildman–Crippen MR) is 80.7 cm³/mol. The van der Waals surface area contributed by atoms with Crippen molar-refractivity contribution in [1.82, 2.24) is 0 Å². The Labute approximate surface area is 130 Å². The first-order valence-corrected chi connectivity index (χ1v) is 7.06. The Balaban J connectivity index is 2.79. The summed E-state index contributed by atoms with van der Waals surface area (Å²) < 4.78 is 10.1. The Hall–Kier alpha value is -1.92. The molecule has 1 rings (SSSR count). The summed E-state index contributed by atoms with van der Waals surface area (Å²) in [5.74, 6) is -2.11. The molecule has 1 aromatic carbocycles. The first-order valence-electron chi connectivity index (χ1n) is 7.06. The van der Waals surface area contributed by atoms with Crippen molar-refractivity contribution in [2.45, 2.75) is 45.0 Å². The summed E-state index contributed by atoms with van der Waals surface area (Å²) in [6.45, 7) is 4.82. The molecule has 0 spiro atoms. The van der Waals surface area contributed by atoms with E-state index in [9.17, 15) is 14.7 Å². The number of hydrogen-bond acceptors (Lipinski definition) is 6. The molecule has 6 nitrogen and oxygen atoms in total. The third kappa shape index (κ3) is 5.13. The molecule has 0 aromatic heterocycles. The van der Waals surface area contributed by atoms with E-state index in [2.05, 4.69) is 0 Å². The van der Waals surface area contributed by atoms with E-state index in [4.69, 9.17) is 15.2 Å². The maximum Gasteiger partial charge on any atom is 0.350 e. The Kier molecular flexibility index (Phi) is 6.08. The van der Waals surface area contributed by atoms with Crippen molar-refractivity contribution < 1.29 is 24.2 Å². The molecule has 122 valence electrons. The molecule has 0 fully saturated rings. The molecule has 6 heteroatoms. The Bertz CT molecular complexity index is 509. The van der Waals surface area contributed by atoms with Crippen LogP contribution >= 0.6 is 0 Å². The molecule has 0 bridgehead atoms. The molecule has 22 heavy (non-hydrogen) atoms. The van der Waals surface area contributed by atoms with Crippen molar-refractivity contribution in [1.29, 1.82) is 0 Å². The second-order valence-electron chi connectivity index (χ2n) is 5.96. The number of ether oxygens (including phenoxy) is 2. The number of nitrogens with two attached hydrogens (primary N) is 1. The van der Waals surface area contributed by atoms with E-state index in [-0.39, 0.29) is 19.6 Å². The summed E-state index contributed by atoms with van der Waals surface area (Å²) in [7, 11) is 0. The normalized spacial score (nSPS) is 14.0. The monoisotopic (exact) mass is 309 g/mol. The Morgan fingerprint density at radius 1 is 1.14 bits per heavy atom. The fourth-order valence-corrected chi connectivity index (χ4v) is 1.70. The minimum absolute atomic E-state index is 0.0463. The molecular weight excluding hydrogens is 286 g/mol. The van der Waals surface area contributed by atoms with Gasteiger partial charge in [0.2, 0.25) is 0 Å². The number of carbonyl (C=O) groups excluding carboxylic acids is 2. The zero-order valence-electron chi connectivity index (χ0n) is 13.2. The van der Waals surface area contributed by atoms with Crippen LogP contribution in [-0.4, -0.2) is 34.8 Å². The van der Waals surface area contributed by atoms with Crippen LogP contribution in [0.4, 0.5) is 0 Å². The maximum absolute atomic E-state index is 12.1. The summed E-state index contributed by atoms with van der Waals surface area (Å²) in [4.78, 5) is 24.2. The molecule has 1 unspecified atom stereocenters. The third-order valence-electron chi connectivity index (χ3n) is 2.79. The highest BCUT2D eigenvalue weighted by Gasteiger charge is 2.48. The molecule has 1 aromatic rings. The highest BCUT2D eigenvalue weighted by Crippen LogP contribution is 2.20. The fraction of sp³-hybridized carbons (Fsp3) is 0.500. The molecule has 0 saturated carbocycles. The number of hydrogen-bond donors (Lipinski definition) is 2. The van der Waals surface area contributed by atoms with Gasteiger partial charge in [0.1, 0.15) is 12.2 Å². The van der Waals surface area contributed by atoms with Crippen molar-refractivity contribution >= 4 is 11.9 Å². The van der Waals surface area contributed by atoms with Crippen LogP contribution in [0.2, 0.25) is 0 Å². The summed E-state index contributed by atoms with van der Waals surface area (Å²) in [5.41, 5.74) is 2.91. The highest BCUT2D eigenvalue weighted by molar-refractivity contribution is 6.03. The number of rotatable bonds is 6. The van der Waals surface area contributed by atoms with Crippen molar-refractivity contribution in [3.63, 3.8) is 0 Å². The van der Waals surface area contributed by atoms with E-state index >= 15 is 0 Å². The van der Waals surface area contributed by atoms with Crippen molar-refractivity contribution in [2.75, 3.05) is 6.54 Å². The van der Waals surface area contributed by atoms with Gasteiger partial charge in [-0.15, -0.1) is 0 Å². The van der Waals surface area contributed by atoms with Gasteiger partial charge in [-0.05, 0) is 32.9 Å². The topological polar surface area (TPSA) is 98.9 Å². The molecule has 0 saturated heterocycles. The van der Waals surface area contributed by atoms with Crippen molar-refractivity contribution in [3.05, 3.63) is 35.9 Å². The predicted octanol–water partition coefficient (Wildman–Crippen LogP) is 1.15. The van der Waals surface area contributed by atoms with Gasteiger partial charge < -0.3 is 20.3 Å². The van der Waals surface area contributed by atoms with E-state index in [1.165, 1.54) is 0 Å². The average Bonchev–Trinajstić information content (AvgIpc) is 2.44. The Morgan fingerprint density at radius 3 is 2.23 bits per heavy atom. The van der Waals surface area contributed by atoms with Gasteiger partial charge >= 0.3 is 11.9 Å². The van der Waals surface area contributed by atoms with Gasteiger partial charge in [0.05, 0.1) is 0 Å². The quantitative estimate of drug-likeness (QED) is 0.604. The zero-order chi connectivity index (χ0) is 16.8. The molecular formula is C16H23NO5. The standard InChI is InChI=1S/C16H23NO5/c1-15(2,3)22-14(19)16(20,9-10-17)13(18)21-11-12-7-5-4-6-8-12/h4-8,20H,9-11,17H2,1-3H3. The van der Waals surface area contributed by atoms with Crippen LogP contribution in [0.25, 0.3) is 0 Å². The lowest BCUT2D eigenvalue weighted by molar-refractivity contribution is -0.192. The number of carbonyl (C=O) groups is 2. The van der Waals surface area contributed by atoms with Gasteiger partial charge in [0, 0.05) is 6.42 Å². The minimum Gasteiger partial charge on any atom is -0.458 e. The van der Waals surface area contributed by atoms with Gasteiger partial charge in [0.15, 0.2) is 0 Å². The Morgan fingerprint density at radius 2 is 1.73 bits per heavy atom. The first kappa shape index (κ1) is 18.1. The summed E-state index contributed by atoms with van der Waals surface area (Å²) >= 11 is 0. The second-order valence-corrected chi connectivity index (χ2v) is 5.96. The van der Waals surface area contributed by atoms with Crippen LogP contribution in [0.5, 0.6) is 0 Å². The lowest BCUT2D eigenvalue weighted by atomic mass is 9.99. The number of aliphatic hydroxyl groups is 1. The van der Waals surface area contributed by atoms with E-state index in [1.54, 1.807) is 45.0 Å². The first-order chi connectivity index (χ1) is 10.2. The number of benzene rings is 1. The second kappa shape index (κ2) is 7.38.